The van der Waals surface area contributed by atoms with Crippen molar-refractivity contribution >= 4 is 0 Å². The van der Waals surface area contributed by atoms with Crippen molar-refractivity contribution in [3.63, 3.8) is 0 Å². The lowest BCUT2D eigenvalue weighted by atomic mass is 9.70. The van der Waals surface area contributed by atoms with Crippen LogP contribution in [0.1, 0.15) is 37.7 Å². The molecule has 1 aliphatic carbocycles. The first kappa shape index (κ1) is 9.41. The van der Waals surface area contributed by atoms with Crippen LogP contribution in [-0.2, 0) is 5.54 Å². The van der Waals surface area contributed by atoms with Crippen molar-refractivity contribution in [2.45, 2.75) is 37.6 Å². The Morgan fingerprint density at radius 1 is 1.07 bits per heavy atom. The number of rotatable bonds is 1. The number of hydrogen-bond acceptors (Lipinski definition) is 1. The Kier molecular flexibility index (Phi) is 2.28. The molecule has 1 heteroatoms. The first-order valence-electron chi connectivity index (χ1n) is 6.22. The van der Waals surface area contributed by atoms with Gasteiger partial charge in [-0.05, 0) is 37.3 Å². The van der Waals surface area contributed by atoms with Crippen LogP contribution in [0.25, 0.3) is 0 Å². The second-order valence-electron chi connectivity index (χ2n) is 5.00. The molecule has 1 aromatic rings. The molecule has 0 spiro atoms. The highest BCUT2D eigenvalue weighted by molar-refractivity contribution is 5.27. The van der Waals surface area contributed by atoms with Crippen LogP contribution >= 0.6 is 0 Å². The van der Waals surface area contributed by atoms with Gasteiger partial charge < -0.3 is 5.32 Å². The highest BCUT2D eigenvalue weighted by Gasteiger charge is 2.44. The molecule has 0 aromatic heterocycles. The maximum absolute atomic E-state index is 3.79. The van der Waals surface area contributed by atoms with Crippen molar-refractivity contribution in [1.82, 2.24) is 5.32 Å². The Hall–Kier alpha value is -0.820. The predicted molar refractivity (Wildman–Crippen MR) is 62.7 cm³/mol. The highest BCUT2D eigenvalue weighted by Crippen LogP contribution is 2.46. The van der Waals surface area contributed by atoms with Crippen LogP contribution in [0.4, 0.5) is 0 Å². The molecule has 2 fully saturated rings. The van der Waals surface area contributed by atoms with Gasteiger partial charge in [0.15, 0.2) is 0 Å². The van der Waals surface area contributed by atoms with Gasteiger partial charge >= 0.3 is 0 Å². The summed E-state index contributed by atoms with van der Waals surface area (Å²) in [5.74, 6) is 0.883. The van der Waals surface area contributed by atoms with Crippen LogP contribution in [0.3, 0.4) is 0 Å². The molecule has 1 aliphatic heterocycles. The third-order valence-electron chi connectivity index (χ3n) is 4.29. The van der Waals surface area contributed by atoms with Crippen molar-refractivity contribution in [2.75, 3.05) is 6.54 Å². The summed E-state index contributed by atoms with van der Waals surface area (Å²) >= 11 is 0. The van der Waals surface area contributed by atoms with Crippen molar-refractivity contribution in [3.05, 3.63) is 35.9 Å². The van der Waals surface area contributed by atoms with Gasteiger partial charge in [0.25, 0.3) is 0 Å². The molecule has 1 N–H and O–H groups in total. The molecule has 1 saturated carbocycles. The highest BCUT2D eigenvalue weighted by atomic mass is 15.0. The van der Waals surface area contributed by atoms with Crippen LogP contribution < -0.4 is 5.32 Å². The first-order valence-corrected chi connectivity index (χ1v) is 6.22. The largest absolute Gasteiger partial charge is 0.307 e. The lowest BCUT2D eigenvalue weighted by Gasteiger charge is -2.40. The minimum absolute atomic E-state index is 0.333. The molecule has 0 amide bonds. The van der Waals surface area contributed by atoms with E-state index in [1.54, 1.807) is 0 Å². The minimum atomic E-state index is 0.333. The lowest BCUT2D eigenvalue weighted by Crippen LogP contribution is -2.43. The predicted octanol–water partition coefficient (Wildman–Crippen LogP) is 3.07. The average Bonchev–Trinajstić information content (AvgIpc) is 2.75. The van der Waals surface area contributed by atoms with E-state index in [9.17, 15) is 0 Å². The molecular formula is C14H19N. The van der Waals surface area contributed by atoms with E-state index in [-0.39, 0.29) is 0 Å². The van der Waals surface area contributed by atoms with Crippen LogP contribution in [0.15, 0.2) is 30.3 Å². The van der Waals surface area contributed by atoms with Gasteiger partial charge in [0.2, 0.25) is 0 Å². The normalized spacial score (nSPS) is 35.1. The van der Waals surface area contributed by atoms with Crippen LogP contribution in [-0.4, -0.2) is 6.54 Å². The quantitative estimate of drug-likeness (QED) is 0.736. The summed E-state index contributed by atoms with van der Waals surface area (Å²) < 4.78 is 0. The second kappa shape index (κ2) is 3.64. The summed E-state index contributed by atoms with van der Waals surface area (Å²) in [4.78, 5) is 0. The van der Waals surface area contributed by atoms with Crippen LogP contribution in [0, 0.1) is 5.92 Å². The van der Waals surface area contributed by atoms with Crippen molar-refractivity contribution in [2.24, 2.45) is 5.92 Å². The topological polar surface area (TPSA) is 12.0 Å². The van der Waals surface area contributed by atoms with E-state index in [1.807, 2.05) is 0 Å². The standard InChI is InChI=1S/C14H19N/c1-2-6-12(7-3-1)14-10-5-4-8-13(14)9-11-15-14/h1-3,6-7,13,15H,4-5,8-11H2/t13-,14+/m0/s1. The summed E-state index contributed by atoms with van der Waals surface area (Å²) in [5.41, 5.74) is 1.85. The van der Waals surface area contributed by atoms with E-state index in [0.29, 0.717) is 5.54 Å². The van der Waals surface area contributed by atoms with Gasteiger partial charge in [-0.1, -0.05) is 43.2 Å². The maximum atomic E-state index is 3.79. The lowest BCUT2D eigenvalue weighted by molar-refractivity contribution is 0.197. The number of nitrogens with one attached hydrogen (secondary N) is 1. The zero-order valence-corrected chi connectivity index (χ0v) is 9.21. The zero-order chi connectivity index (χ0) is 10.1. The molecule has 1 heterocycles. The number of fused-ring (bicyclic) bond motifs is 1. The molecule has 1 saturated heterocycles. The van der Waals surface area contributed by atoms with E-state index in [4.69, 9.17) is 0 Å². The minimum Gasteiger partial charge on any atom is -0.307 e. The monoisotopic (exact) mass is 201 g/mol. The van der Waals surface area contributed by atoms with Crippen LogP contribution in [0.5, 0.6) is 0 Å². The first-order chi connectivity index (χ1) is 7.42. The molecule has 0 unspecified atom stereocenters. The fraction of sp³-hybridized carbons (Fsp3) is 0.571. The molecule has 2 atom stereocenters. The Balaban J connectivity index is 2.00. The van der Waals surface area contributed by atoms with E-state index in [0.717, 1.165) is 5.92 Å². The number of hydrogen-bond donors (Lipinski definition) is 1. The Morgan fingerprint density at radius 2 is 1.93 bits per heavy atom. The summed E-state index contributed by atoms with van der Waals surface area (Å²) in [6, 6.07) is 11.1. The van der Waals surface area contributed by atoms with Crippen molar-refractivity contribution < 1.29 is 0 Å². The Morgan fingerprint density at radius 3 is 2.80 bits per heavy atom. The molecule has 15 heavy (non-hydrogen) atoms. The zero-order valence-electron chi connectivity index (χ0n) is 9.21. The third kappa shape index (κ3) is 1.41. The van der Waals surface area contributed by atoms with E-state index in [1.165, 1.54) is 44.2 Å². The van der Waals surface area contributed by atoms with Gasteiger partial charge in [-0.3, -0.25) is 0 Å². The van der Waals surface area contributed by atoms with Gasteiger partial charge in [0, 0.05) is 5.54 Å². The molecule has 1 nitrogen and oxygen atoms in total. The smallest absolute Gasteiger partial charge is 0.0463 e. The average molecular weight is 201 g/mol. The van der Waals surface area contributed by atoms with E-state index < -0.39 is 0 Å². The fourth-order valence-corrected chi connectivity index (χ4v) is 3.56. The molecule has 80 valence electrons. The SMILES string of the molecule is c1ccc([C@]23CCCC[C@H]2CCN3)cc1. The van der Waals surface area contributed by atoms with E-state index in [2.05, 4.69) is 35.6 Å². The summed E-state index contributed by atoms with van der Waals surface area (Å²) in [5, 5.41) is 3.79. The molecule has 0 bridgehead atoms. The van der Waals surface area contributed by atoms with Gasteiger partial charge in [-0.25, -0.2) is 0 Å². The van der Waals surface area contributed by atoms with Gasteiger partial charge in [0.05, 0.1) is 0 Å². The molecule has 1 aromatic carbocycles. The fourth-order valence-electron chi connectivity index (χ4n) is 3.56. The van der Waals surface area contributed by atoms with E-state index >= 15 is 0 Å². The Bertz CT molecular complexity index is 332. The summed E-state index contributed by atoms with van der Waals surface area (Å²) in [6.45, 7) is 1.21. The van der Waals surface area contributed by atoms with Gasteiger partial charge in [-0.2, -0.15) is 0 Å². The van der Waals surface area contributed by atoms with Gasteiger partial charge in [0.1, 0.15) is 0 Å². The van der Waals surface area contributed by atoms with Crippen molar-refractivity contribution in [1.29, 1.82) is 0 Å². The molecule has 0 radical (unpaired) electrons. The molecule has 2 aliphatic rings. The second-order valence-corrected chi connectivity index (χ2v) is 5.00. The maximum Gasteiger partial charge on any atom is 0.0463 e. The number of benzene rings is 1. The Labute approximate surface area is 91.9 Å². The summed E-state index contributed by atoms with van der Waals surface area (Å²) in [6.07, 6.45) is 6.94. The molecular weight excluding hydrogens is 182 g/mol. The molecule has 3 rings (SSSR count). The third-order valence-corrected chi connectivity index (χ3v) is 4.29. The van der Waals surface area contributed by atoms with Gasteiger partial charge in [-0.15, -0.1) is 0 Å². The summed E-state index contributed by atoms with van der Waals surface area (Å²) in [7, 11) is 0. The van der Waals surface area contributed by atoms with Crippen LogP contribution in [0.2, 0.25) is 0 Å². The van der Waals surface area contributed by atoms with Crippen molar-refractivity contribution in [3.8, 4) is 0 Å².